The number of halogens is 1. The van der Waals surface area contributed by atoms with Crippen molar-refractivity contribution in [1.82, 2.24) is 4.98 Å². The molecule has 0 radical (unpaired) electrons. The Kier molecular flexibility index (Phi) is 5.27. The van der Waals surface area contributed by atoms with E-state index in [1.54, 1.807) is 53.4 Å². The number of carbonyl (C=O) groups is 3. The minimum absolute atomic E-state index is 0.0440. The van der Waals surface area contributed by atoms with Crippen molar-refractivity contribution in [1.29, 1.82) is 0 Å². The molecule has 2 heterocycles. The molecule has 29 heavy (non-hydrogen) atoms. The number of Topliss-reactive ketones (excluding diaryl/α,β-unsaturated/α-hetero) is 1. The van der Waals surface area contributed by atoms with E-state index >= 15 is 0 Å². The lowest BCUT2D eigenvalue weighted by atomic mass is 10.1. The highest BCUT2D eigenvalue weighted by atomic mass is 35.5. The smallest absolute Gasteiger partial charge is 0.339 e. The van der Waals surface area contributed by atoms with Crippen LogP contribution in [0.3, 0.4) is 0 Å². The van der Waals surface area contributed by atoms with Gasteiger partial charge in [-0.2, -0.15) is 0 Å². The van der Waals surface area contributed by atoms with E-state index < -0.39 is 12.6 Å². The Balaban J connectivity index is 1.49. The van der Waals surface area contributed by atoms with E-state index in [4.69, 9.17) is 16.3 Å². The number of anilines is 1. The van der Waals surface area contributed by atoms with Gasteiger partial charge in [-0.1, -0.05) is 41.9 Å². The number of pyridine rings is 1. The number of benzene rings is 2. The number of hydrogen-bond donors (Lipinski definition) is 0. The van der Waals surface area contributed by atoms with E-state index in [1.165, 1.54) is 6.07 Å². The number of esters is 1. The lowest BCUT2D eigenvalue weighted by Gasteiger charge is -2.16. The molecule has 0 N–H and O–H groups in total. The lowest BCUT2D eigenvalue weighted by molar-refractivity contribution is -0.117. The zero-order valence-electron chi connectivity index (χ0n) is 15.4. The summed E-state index contributed by atoms with van der Waals surface area (Å²) in [6.07, 6.45) is 1.31. The van der Waals surface area contributed by atoms with Crippen molar-refractivity contribution in [2.45, 2.75) is 12.8 Å². The topological polar surface area (TPSA) is 76.6 Å². The monoisotopic (exact) mass is 408 g/mol. The average molecular weight is 409 g/mol. The molecular weight excluding hydrogens is 392 g/mol. The molecule has 2 aromatic carbocycles. The molecule has 0 saturated carbocycles. The summed E-state index contributed by atoms with van der Waals surface area (Å²) in [5.74, 6) is -0.955. The summed E-state index contributed by atoms with van der Waals surface area (Å²) < 4.78 is 5.24. The van der Waals surface area contributed by atoms with Gasteiger partial charge in [0.1, 0.15) is 5.15 Å². The number of nitrogens with zero attached hydrogens (tertiary/aromatic N) is 2. The third kappa shape index (κ3) is 3.98. The summed E-state index contributed by atoms with van der Waals surface area (Å²) in [6.45, 7) is 0.228. The van der Waals surface area contributed by atoms with Gasteiger partial charge in [-0.3, -0.25) is 9.59 Å². The average Bonchev–Trinajstić information content (AvgIpc) is 3.17. The number of ketones is 1. The second-order valence-corrected chi connectivity index (χ2v) is 7.10. The molecule has 0 atom stereocenters. The first kappa shape index (κ1) is 19.1. The number of para-hydroxylation sites is 1. The normalized spacial score (nSPS) is 13.7. The number of amides is 1. The van der Waals surface area contributed by atoms with Crippen LogP contribution in [0, 0.1) is 0 Å². The Bertz CT molecular complexity index is 1130. The zero-order chi connectivity index (χ0) is 20.4. The molecule has 1 aromatic heterocycles. The largest absolute Gasteiger partial charge is 0.454 e. The molecule has 0 bridgehead atoms. The van der Waals surface area contributed by atoms with E-state index in [-0.39, 0.29) is 22.4 Å². The molecule has 4 rings (SSSR count). The van der Waals surface area contributed by atoms with Crippen molar-refractivity contribution in [3.05, 3.63) is 70.9 Å². The molecule has 0 spiro atoms. The fourth-order valence-electron chi connectivity index (χ4n) is 3.37. The van der Waals surface area contributed by atoms with Gasteiger partial charge in [0, 0.05) is 29.6 Å². The van der Waals surface area contributed by atoms with Gasteiger partial charge >= 0.3 is 5.97 Å². The summed E-state index contributed by atoms with van der Waals surface area (Å²) in [5.41, 5.74) is 1.88. The maximum atomic E-state index is 12.6. The van der Waals surface area contributed by atoms with E-state index in [9.17, 15) is 14.4 Å². The number of ether oxygens (including phenoxy) is 1. The van der Waals surface area contributed by atoms with Gasteiger partial charge in [-0.15, -0.1) is 0 Å². The van der Waals surface area contributed by atoms with E-state index in [1.807, 2.05) is 0 Å². The highest BCUT2D eigenvalue weighted by Gasteiger charge is 2.22. The molecule has 1 aliphatic heterocycles. The predicted octanol–water partition coefficient (Wildman–Crippen LogP) is 4.05. The summed E-state index contributed by atoms with van der Waals surface area (Å²) in [6, 6.07) is 15.3. The van der Waals surface area contributed by atoms with Crippen LogP contribution in [-0.4, -0.2) is 35.8 Å². The van der Waals surface area contributed by atoms with Crippen LogP contribution < -0.4 is 4.90 Å². The molecule has 1 fully saturated rings. The standard InChI is InChI=1S/C22H17ClN2O4/c23-20-12-17(16-7-1-2-8-18(16)24-20)22(28)29-13-19(26)14-5-3-6-15(11-14)25-10-4-9-21(25)27/h1-3,5-8,11-12H,4,9-10,13H2. The van der Waals surface area contributed by atoms with E-state index in [0.717, 1.165) is 6.42 Å². The van der Waals surface area contributed by atoms with Crippen LogP contribution in [0.1, 0.15) is 33.6 Å². The summed E-state index contributed by atoms with van der Waals surface area (Å²) in [5, 5.41) is 0.772. The van der Waals surface area contributed by atoms with Crippen LogP contribution in [0.5, 0.6) is 0 Å². The molecular formula is C22H17ClN2O4. The number of fused-ring (bicyclic) bond motifs is 1. The maximum absolute atomic E-state index is 12.6. The summed E-state index contributed by atoms with van der Waals surface area (Å²) in [4.78, 5) is 42.8. The van der Waals surface area contributed by atoms with Gasteiger partial charge in [-0.05, 0) is 30.7 Å². The molecule has 6 nitrogen and oxygen atoms in total. The third-order valence-electron chi connectivity index (χ3n) is 4.79. The first-order valence-corrected chi connectivity index (χ1v) is 9.57. The maximum Gasteiger partial charge on any atom is 0.339 e. The number of aromatic nitrogens is 1. The Morgan fingerprint density at radius 1 is 1.10 bits per heavy atom. The third-order valence-corrected chi connectivity index (χ3v) is 4.99. The van der Waals surface area contributed by atoms with Crippen LogP contribution in [0.2, 0.25) is 5.15 Å². The van der Waals surface area contributed by atoms with Crippen LogP contribution in [0.4, 0.5) is 5.69 Å². The molecule has 0 unspecified atom stereocenters. The highest BCUT2D eigenvalue weighted by Crippen LogP contribution is 2.23. The number of hydrogen-bond acceptors (Lipinski definition) is 5. The van der Waals surface area contributed by atoms with E-state index in [2.05, 4.69) is 4.98 Å². The van der Waals surface area contributed by atoms with Gasteiger partial charge in [0.15, 0.2) is 12.4 Å². The van der Waals surface area contributed by atoms with Crippen molar-refractivity contribution >= 4 is 45.9 Å². The molecule has 146 valence electrons. The van der Waals surface area contributed by atoms with Crippen LogP contribution in [0.25, 0.3) is 10.9 Å². The molecule has 1 amide bonds. The first-order chi connectivity index (χ1) is 14.0. The second kappa shape index (κ2) is 8.01. The second-order valence-electron chi connectivity index (χ2n) is 6.71. The van der Waals surface area contributed by atoms with Crippen LogP contribution in [0.15, 0.2) is 54.6 Å². The van der Waals surface area contributed by atoms with Crippen molar-refractivity contribution in [3.63, 3.8) is 0 Å². The van der Waals surface area contributed by atoms with Gasteiger partial charge in [0.05, 0.1) is 11.1 Å². The van der Waals surface area contributed by atoms with Crippen LogP contribution >= 0.6 is 11.6 Å². The zero-order valence-corrected chi connectivity index (χ0v) is 16.2. The Hall–Kier alpha value is -3.25. The Labute approximate surface area is 172 Å². The molecule has 7 heteroatoms. The molecule has 3 aromatic rings. The highest BCUT2D eigenvalue weighted by molar-refractivity contribution is 6.30. The van der Waals surface area contributed by atoms with Gasteiger partial charge in [0.25, 0.3) is 0 Å². The van der Waals surface area contributed by atoms with Crippen molar-refractivity contribution in [3.8, 4) is 0 Å². The molecule has 1 saturated heterocycles. The summed E-state index contributed by atoms with van der Waals surface area (Å²) >= 11 is 6.00. The Morgan fingerprint density at radius 3 is 2.72 bits per heavy atom. The Morgan fingerprint density at radius 2 is 1.93 bits per heavy atom. The minimum Gasteiger partial charge on any atom is -0.454 e. The van der Waals surface area contributed by atoms with Gasteiger partial charge in [0.2, 0.25) is 5.91 Å². The van der Waals surface area contributed by atoms with Crippen molar-refractivity contribution in [2.75, 3.05) is 18.1 Å². The van der Waals surface area contributed by atoms with Gasteiger partial charge < -0.3 is 9.64 Å². The summed E-state index contributed by atoms with van der Waals surface area (Å²) in [7, 11) is 0. The molecule has 1 aliphatic rings. The van der Waals surface area contributed by atoms with Crippen molar-refractivity contribution in [2.24, 2.45) is 0 Å². The van der Waals surface area contributed by atoms with Crippen molar-refractivity contribution < 1.29 is 19.1 Å². The van der Waals surface area contributed by atoms with Gasteiger partial charge in [-0.25, -0.2) is 9.78 Å². The van der Waals surface area contributed by atoms with E-state index in [0.29, 0.717) is 35.1 Å². The molecule has 0 aliphatic carbocycles. The fourth-order valence-corrected chi connectivity index (χ4v) is 3.57. The number of rotatable bonds is 5. The number of carbonyl (C=O) groups excluding carboxylic acids is 3. The SMILES string of the molecule is O=C(COC(=O)c1cc(Cl)nc2ccccc12)c1cccc(N2CCCC2=O)c1. The predicted molar refractivity (Wildman–Crippen MR) is 109 cm³/mol. The lowest BCUT2D eigenvalue weighted by Crippen LogP contribution is -2.24. The quantitative estimate of drug-likeness (QED) is 0.361. The first-order valence-electron chi connectivity index (χ1n) is 9.19. The fraction of sp³-hybridized carbons (Fsp3) is 0.182. The minimum atomic E-state index is -0.648. The van der Waals surface area contributed by atoms with Crippen LogP contribution in [-0.2, 0) is 9.53 Å².